The lowest BCUT2D eigenvalue weighted by atomic mass is 9.84. The van der Waals surface area contributed by atoms with Crippen molar-refractivity contribution in [2.45, 2.75) is 48.8 Å². The molecule has 1 unspecified atom stereocenters. The average Bonchev–Trinajstić information content (AvgIpc) is 3.05. The number of aryl methyl sites for hydroxylation is 2. The van der Waals surface area contributed by atoms with Crippen LogP contribution in [0.25, 0.3) is 0 Å². The van der Waals surface area contributed by atoms with Crippen molar-refractivity contribution < 1.29 is 19.4 Å². The number of para-hydroxylation sites is 1. The van der Waals surface area contributed by atoms with Crippen molar-refractivity contribution in [3.63, 3.8) is 0 Å². The van der Waals surface area contributed by atoms with E-state index in [2.05, 4.69) is 28.9 Å². The number of amides is 2. The molecular weight excluding hydrogens is 606 g/mol. The van der Waals surface area contributed by atoms with E-state index in [0.29, 0.717) is 12.1 Å². The maximum Gasteiger partial charge on any atom is 0.405 e. The second-order valence-corrected chi connectivity index (χ2v) is 12.7. The molecule has 1 aliphatic rings. The van der Waals surface area contributed by atoms with Crippen LogP contribution in [0.2, 0.25) is 5.02 Å². The largest absolute Gasteiger partial charge is 0.465 e. The molecule has 3 atom stereocenters. The molecule has 1 aliphatic heterocycles. The van der Waals surface area contributed by atoms with Crippen molar-refractivity contribution in [1.82, 2.24) is 10.6 Å². The molecule has 0 saturated carbocycles. The number of anilines is 1. The van der Waals surface area contributed by atoms with Gasteiger partial charge in [0.1, 0.15) is 6.04 Å². The van der Waals surface area contributed by atoms with E-state index in [1.807, 2.05) is 97.1 Å². The summed E-state index contributed by atoms with van der Waals surface area (Å²) < 4.78 is 6.45. The van der Waals surface area contributed by atoms with Crippen LogP contribution in [0, 0.1) is 6.92 Å². The molecule has 1 saturated heterocycles. The van der Waals surface area contributed by atoms with Crippen molar-refractivity contribution >= 4 is 41.1 Å². The van der Waals surface area contributed by atoms with Crippen LogP contribution in [0.5, 0.6) is 0 Å². The minimum Gasteiger partial charge on any atom is -0.465 e. The van der Waals surface area contributed by atoms with Gasteiger partial charge in [-0.25, -0.2) is 4.79 Å². The Hall–Kier alpha value is -3.82. The first kappa shape index (κ1) is 32.6. The SMILES string of the molecule is Cc1cc(Cl)ccc1SC[C@@H]1CNC[C@@H](CCc2ccccc2NC(=O)C(NC(=O)O)C(c2ccccc2)c2ccccc2)O1. The topological polar surface area (TPSA) is 99.7 Å². The van der Waals surface area contributed by atoms with E-state index < -0.39 is 24.0 Å². The average molecular weight is 644 g/mol. The lowest BCUT2D eigenvalue weighted by Gasteiger charge is -2.31. The van der Waals surface area contributed by atoms with Gasteiger partial charge in [-0.05, 0) is 66.3 Å². The highest BCUT2D eigenvalue weighted by Crippen LogP contribution is 2.30. The number of hydrogen-bond acceptors (Lipinski definition) is 5. The first-order valence-corrected chi connectivity index (χ1v) is 16.5. The van der Waals surface area contributed by atoms with Crippen molar-refractivity contribution in [3.05, 3.63) is 130 Å². The molecule has 4 N–H and O–H groups in total. The summed E-state index contributed by atoms with van der Waals surface area (Å²) in [5.41, 5.74) is 4.46. The van der Waals surface area contributed by atoms with Crippen LogP contribution < -0.4 is 16.0 Å². The molecule has 2 amide bonds. The Bertz CT molecular complexity index is 1530. The number of halogens is 1. The predicted octanol–water partition coefficient (Wildman–Crippen LogP) is 7.14. The van der Waals surface area contributed by atoms with Crippen LogP contribution in [0.4, 0.5) is 10.5 Å². The Morgan fingerprint density at radius 3 is 2.24 bits per heavy atom. The van der Waals surface area contributed by atoms with E-state index >= 15 is 0 Å². The van der Waals surface area contributed by atoms with E-state index in [4.69, 9.17) is 16.3 Å². The summed E-state index contributed by atoms with van der Waals surface area (Å²) in [5, 5.41) is 19.6. The smallest absolute Gasteiger partial charge is 0.405 e. The molecule has 234 valence electrons. The van der Waals surface area contributed by atoms with Gasteiger partial charge in [0.25, 0.3) is 0 Å². The number of rotatable bonds is 12. The van der Waals surface area contributed by atoms with Gasteiger partial charge in [-0.15, -0.1) is 11.8 Å². The fourth-order valence-electron chi connectivity index (χ4n) is 5.72. The number of thioether (sulfide) groups is 1. The number of carboxylic acid groups (broad SMARTS) is 1. The summed E-state index contributed by atoms with van der Waals surface area (Å²) in [7, 11) is 0. The van der Waals surface area contributed by atoms with E-state index in [0.717, 1.165) is 52.5 Å². The summed E-state index contributed by atoms with van der Waals surface area (Å²) in [6.45, 7) is 3.62. The number of benzene rings is 4. The van der Waals surface area contributed by atoms with Gasteiger partial charge in [0, 0.05) is 40.4 Å². The number of carbonyl (C=O) groups is 2. The van der Waals surface area contributed by atoms with E-state index in [9.17, 15) is 14.7 Å². The lowest BCUT2D eigenvalue weighted by molar-refractivity contribution is -0.118. The van der Waals surface area contributed by atoms with Crippen molar-refractivity contribution in [2.24, 2.45) is 0 Å². The van der Waals surface area contributed by atoms with Gasteiger partial charge in [-0.3, -0.25) is 4.79 Å². The highest BCUT2D eigenvalue weighted by atomic mass is 35.5. The summed E-state index contributed by atoms with van der Waals surface area (Å²) in [5.74, 6) is -0.114. The van der Waals surface area contributed by atoms with E-state index in [1.54, 1.807) is 11.8 Å². The van der Waals surface area contributed by atoms with Gasteiger partial charge in [-0.2, -0.15) is 0 Å². The molecule has 1 fully saturated rings. The Balaban J connectivity index is 1.26. The normalized spacial score (nSPS) is 17.0. The molecule has 5 rings (SSSR count). The quantitative estimate of drug-likeness (QED) is 0.123. The van der Waals surface area contributed by atoms with Gasteiger partial charge >= 0.3 is 6.09 Å². The molecule has 4 aromatic carbocycles. The van der Waals surface area contributed by atoms with Crippen LogP contribution in [0.1, 0.15) is 34.6 Å². The fraction of sp³-hybridized carbons (Fsp3) is 0.278. The number of morpholine rings is 1. The number of nitrogens with one attached hydrogen (secondary N) is 3. The van der Waals surface area contributed by atoms with Crippen molar-refractivity contribution in [2.75, 3.05) is 24.2 Å². The minimum atomic E-state index is -1.26. The lowest BCUT2D eigenvalue weighted by Crippen LogP contribution is -2.47. The molecule has 0 spiro atoms. The molecular formula is C36H38ClN3O4S. The first-order chi connectivity index (χ1) is 21.9. The molecule has 0 aliphatic carbocycles. The van der Waals surface area contributed by atoms with E-state index in [1.165, 1.54) is 4.90 Å². The third kappa shape index (κ3) is 9.11. The number of hydrogen-bond donors (Lipinski definition) is 4. The summed E-state index contributed by atoms with van der Waals surface area (Å²) in [6.07, 6.45) is 0.308. The van der Waals surface area contributed by atoms with Crippen LogP contribution in [-0.2, 0) is 16.0 Å². The Morgan fingerprint density at radius 1 is 0.933 bits per heavy atom. The standard InChI is InChI=1S/C36H38ClN3O4S/c1-24-20-28(37)17-19-32(24)45-23-30-22-38-21-29(44-30)18-16-25-10-8-9-15-31(25)39-35(41)34(40-36(42)43)33(26-11-4-2-5-12-26)27-13-6-3-7-14-27/h2-15,17,19-20,29-30,33-34,38,40H,16,18,21-23H2,1H3,(H,39,41)(H,42,43)/t29-,30+,34?/m1/s1. The molecule has 1 heterocycles. The highest BCUT2D eigenvalue weighted by molar-refractivity contribution is 7.99. The maximum absolute atomic E-state index is 13.9. The zero-order valence-electron chi connectivity index (χ0n) is 25.1. The Kier molecular flexibility index (Phi) is 11.5. The van der Waals surface area contributed by atoms with Crippen LogP contribution in [-0.4, -0.2) is 54.2 Å². The van der Waals surface area contributed by atoms with Gasteiger partial charge in [0.2, 0.25) is 5.91 Å². The molecule has 0 bridgehead atoms. The van der Waals surface area contributed by atoms with Gasteiger partial charge in [-0.1, -0.05) is 90.5 Å². The molecule has 9 heteroatoms. The molecule has 0 aromatic heterocycles. The zero-order chi connectivity index (χ0) is 31.6. The van der Waals surface area contributed by atoms with Crippen molar-refractivity contribution in [1.29, 1.82) is 0 Å². The van der Waals surface area contributed by atoms with Crippen LogP contribution in [0.3, 0.4) is 0 Å². The summed E-state index contributed by atoms with van der Waals surface area (Å²) in [6, 6.07) is 31.6. The predicted molar refractivity (Wildman–Crippen MR) is 182 cm³/mol. The molecule has 45 heavy (non-hydrogen) atoms. The highest BCUT2D eigenvalue weighted by Gasteiger charge is 2.33. The third-order valence-corrected chi connectivity index (χ3v) is 9.46. The number of carbonyl (C=O) groups excluding carboxylic acids is 1. The Labute approximate surface area is 273 Å². The van der Waals surface area contributed by atoms with E-state index in [-0.39, 0.29) is 12.2 Å². The number of ether oxygens (including phenoxy) is 1. The molecule has 7 nitrogen and oxygen atoms in total. The second kappa shape index (κ2) is 16.0. The van der Waals surface area contributed by atoms with Crippen LogP contribution in [0.15, 0.2) is 108 Å². The Morgan fingerprint density at radius 2 is 1.58 bits per heavy atom. The minimum absolute atomic E-state index is 0.0291. The zero-order valence-corrected chi connectivity index (χ0v) is 26.7. The van der Waals surface area contributed by atoms with Gasteiger partial charge < -0.3 is 25.8 Å². The maximum atomic E-state index is 13.9. The fourth-order valence-corrected chi connectivity index (χ4v) is 6.96. The summed E-state index contributed by atoms with van der Waals surface area (Å²) >= 11 is 7.89. The third-order valence-electron chi connectivity index (χ3n) is 7.91. The molecule has 0 radical (unpaired) electrons. The second-order valence-electron chi connectivity index (χ2n) is 11.2. The summed E-state index contributed by atoms with van der Waals surface area (Å²) in [4.78, 5) is 27.0. The van der Waals surface area contributed by atoms with Crippen molar-refractivity contribution in [3.8, 4) is 0 Å². The first-order valence-electron chi connectivity index (χ1n) is 15.1. The molecule has 4 aromatic rings. The van der Waals surface area contributed by atoms with Gasteiger partial charge in [0.05, 0.1) is 12.2 Å². The van der Waals surface area contributed by atoms with Crippen LogP contribution >= 0.6 is 23.4 Å². The van der Waals surface area contributed by atoms with Gasteiger partial charge in [0.15, 0.2) is 0 Å². The monoisotopic (exact) mass is 643 g/mol.